The summed E-state index contributed by atoms with van der Waals surface area (Å²) in [6, 6.07) is 21.1. The van der Waals surface area contributed by atoms with E-state index in [-0.39, 0.29) is 10.8 Å². The highest BCUT2D eigenvalue weighted by atomic mass is 32.2. The number of hydrogen-bond donors (Lipinski definition) is 1. The monoisotopic (exact) mass is 449 g/mol. The third kappa shape index (κ3) is 4.62. The largest absolute Gasteiger partial charge is 0.372 e. The number of hydrogen-bond acceptors (Lipinski definition) is 4. The fourth-order valence-corrected chi connectivity index (χ4v) is 4.96. The molecule has 7 heteroatoms. The van der Waals surface area contributed by atoms with E-state index >= 15 is 0 Å². The number of sulfonamides is 1. The van der Waals surface area contributed by atoms with Crippen LogP contribution in [0.2, 0.25) is 0 Å². The lowest BCUT2D eigenvalue weighted by Gasteiger charge is -2.20. The number of aryl methyl sites for hydroxylation is 1. The Labute approximate surface area is 189 Å². The molecule has 0 bridgehead atoms. The maximum absolute atomic E-state index is 12.9. The van der Waals surface area contributed by atoms with Gasteiger partial charge in [0.1, 0.15) is 0 Å². The quantitative estimate of drug-likeness (QED) is 0.594. The number of carbonyl (C=O) groups is 1. The van der Waals surface area contributed by atoms with Crippen molar-refractivity contribution in [2.75, 3.05) is 34.7 Å². The van der Waals surface area contributed by atoms with Gasteiger partial charge in [0, 0.05) is 37.1 Å². The van der Waals surface area contributed by atoms with Gasteiger partial charge in [0.2, 0.25) is 0 Å². The van der Waals surface area contributed by atoms with Gasteiger partial charge in [0.15, 0.2) is 0 Å². The molecule has 1 N–H and O–H groups in total. The summed E-state index contributed by atoms with van der Waals surface area (Å²) >= 11 is 0. The molecule has 0 aliphatic carbocycles. The minimum absolute atomic E-state index is 0.227. The number of amides is 1. The van der Waals surface area contributed by atoms with Crippen molar-refractivity contribution in [2.24, 2.45) is 0 Å². The Hall–Kier alpha value is -3.32. The van der Waals surface area contributed by atoms with Crippen LogP contribution in [0.15, 0.2) is 77.7 Å². The molecular formula is C25H27N3O3S. The predicted octanol–water partition coefficient (Wildman–Crippen LogP) is 4.67. The summed E-state index contributed by atoms with van der Waals surface area (Å²) in [5.41, 5.74) is 3.83. The smallest absolute Gasteiger partial charge is 0.264 e. The minimum atomic E-state index is -3.67. The number of nitrogens with one attached hydrogen (secondary N) is 1. The van der Waals surface area contributed by atoms with Crippen molar-refractivity contribution in [3.63, 3.8) is 0 Å². The van der Waals surface area contributed by atoms with Crippen LogP contribution in [0, 0.1) is 6.92 Å². The van der Waals surface area contributed by atoms with Gasteiger partial charge in [-0.2, -0.15) is 0 Å². The second kappa shape index (κ2) is 9.04. The molecule has 0 spiro atoms. The lowest BCUT2D eigenvalue weighted by molar-refractivity contribution is 0.102. The zero-order chi connectivity index (χ0) is 22.7. The average molecular weight is 450 g/mol. The van der Waals surface area contributed by atoms with Gasteiger partial charge in [-0.25, -0.2) is 8.42 Å². The lowest BCUT2D eigenvalue weighted by Crippen LogP contribution is -2.26. The summed E-state index contributed by atoms with van der Waals surface area (Å²) in [5, 5.41) is 2.90. The van der Waals surface area contributed by atoms with E-state index in [0.717, 1.165) is 24.3 Å². The van der Waals surface area contributed by atoms with Gasteiger partial charge in [-0.3, -0.25) is 9.10 Å². The first-order valence-corrected chi connectivity index (χ1v) is 12.1. The van der Waals surface area contributed by atoms with Crippen LogP contribution in [0.5, 0.6) is 0 Å². The normalized spacial score (nSPS) is 13.8. The van der Waals surface area contributed by atoms with Crippen LogP contribution in [-0.2, 0) is 10.0 Å². The highest BCUT2D eigenvalue weighted by Gasteiger charge is 2.21. The van der Waals surface area contributed by atoms with E-state index in [9.17, 15) is 13.2 Å². The number of nitrogens with zero attached hydrogens (tertiary/aromatic N) is 2. The molecule has 0 radical (unpaired) electrons. The van der Waals surface area contributed by atoms with Gasteiger partial charge in [-0.15, -0.1) is 0 Å². The van der Waals surface area contributed by atoms with Crippen molar-refractivity contribution in [3.8, 4) is 0 Å². The van der Waals surface area contributed by atoms with Crippen molar-refractivity contribution in [1.29, 1.82) is 0 Å². The van der Waals surface area contributed by atoms with E-state index in [1.54, 1.807) is 48.5 Å². The molecule has 0 unspecified atom stereocenters. The molecule has 1 amide bonds. The van der Waals surface area contributed by atoms with E-state index in [0.29, 0.717) is 11.3 Å². The maximum atomic E-state index is 12.9. The zero-order valence-corrected chi connectivity index (χ0v) is 19.1. The summed E-state index contributed by atoms with van der Waals surface area (Å²) in [5.74, 6) is -0.241. The van der Waals surface area contributed by atoms with E-state index in [2.05, 4.69) is 10.2 Å². The topological polar surface area (TPSA) is 69.7 Å². The minimum Gasteiger partial charge on any atom is -0.372 e. The molecule has 1 aliphatic heterocycles. The van der Waals surface area contributed by atoms with Crippen LogP contribution >= 0.6 is 0 Å². The second-order valence-corrected chi connectivity index (χ2v) is 10.00. The van der Waals surface area contributed by atoms with Crippen LogP contribution in [0.3, 0.4) is 0 Å². The van der Waals surface area contributed by atoms with Crippen molar-refractivity contribution in [2.45, 2.75) is 24.7 Å². The first-order valence-electron chi connectivity index (χ1n) is 10.7. The Balaban J connectivity index is 1.43. The fraction of sp³-hybridized carbons (Fsp3) is 0.240. The molecule has 32 heavy (non-hydrogen) atoms. The summed E-state index contributed by atoms with van der Waals surface area (Å²) in [7, 11) is -2.17. The number of rotatable bonds is 6. The summed E-state index contributed by atoms with van der Waals surface area (Å²) in [6.45, 7) is 4.06. The van der Waals surface area contributed by atoms with Crippen LogP contribution < -0.4 is 14.5 Å². The maximum Gasteiger partial charge on any atom is 0.264 e. The van der Waals surface area contributed by atoms with Gasteiger partial charge >= 0.3 is 0 Å². The summed E-state index contributed by atoms with van der Waals surface area (Å²) in [6.07, 6.45) is 2.44. The van der Waals surface area contributed by atoms with Crippen LogP contribution in [-0.4, -0.2) is 34.5 Å². The number of anilines is 3. The van der Waals surface area contributed by atoms with Crippen molar-refractivity contribution < 1.29 is 13.2 Å². The molecule has 1 aliphatic rings. The summed E-state index contributed by atoms with van der Waals surface area (Å²) in [4.78, 5) is 15.2. The SMILES string of the molecule is Cc1ccc(S(=O)(=O)N(C)c2ccc(C(=O)Nc3ccc(N4CCCC4)cc3)cc2)cc1. The first kappa shape index (κ1) is 21.9. The van der Waals surface area contributed by atoms with Gasteiger partial charge in [0.25, 0.3) is 15.9 Å². The van der Waals surface area contributed by atoms with Crippen LogP contribution in [0.25, 0.3) is 0 Å². The molecule has 0 aromatic heterocycles. The van der Waals surface area contributed by atoms with Crippen molar-refractivity contribution in [3.05, 3.63) is 83.9 Å². The molecule has 1 heterocycles. The third-order valence-electron chi connectivity index (χ3n) is 5.77. The Morgan fingerprint density at radius 3 is 2.06 bits per heavy atom. The summed E-state index contributed by atoms with van der Waals surface area (Å²) < 4.78 is 27.0. The molecule has 1 saturated heterocycles. The van der Waals surface area contributed by atoms with E-state index < -0.39 is 10.0 Å². The van der Waals surface area contributed by atoms with Gasteiger partial charge in [-0.1, -0.05) is 17.7 Å². The van der Waals surface area contributed by atoms with E-state index in [4.69, 9.17) is 0 Å². The van der Waals surface area contributed by atoms with Crippen molar-refractivity contribution in [1.82, 2.24) is 0 Å². The lowest BCUT2D eigenvalue weighted by atomic mass is 10.2. The molecule has 4 rings (SSSR count). The molecule has 0 atom stereocenters. The Morgan fingerprint density at radius 1 is 0.875 bits per heavy atom. The van der Waals surface area contributed by atoms with Gasteiger partial charge in [0.05, 0.1) is 10.6 Å². The molecule has 1 fully saturated rings. The Kier molecular flexibility index (Phi) is 6.19. The number of carbonyl (C=O) groups excluding carboxylic acids is 1. The van der Waals surface area contributed by atoms with Crippen LogP contribution in [0.4, 0.5) is 17.1 Å². The van der Waals surface area contributed by atoms with Gasteiger partial charge in [-0.05, 0) is 80.4 Å². The van der Waals surface area contributed by atoms with Crippen LogP contribution in [0.1, 0.15) is 28.8 Å². The Morgan fingerprint density at radius 2 is 1.47 bits per heavy atom. The van der Waals surface area contributed by atoms with Crippen molar-refractivity contribution >= 4 is 33.0 Å². The third-order valence-corrected chi connectivity index (χ3v) is 7.57. The zero-order valence-electron chi connectivity index (χ0n) is 18.3. The predicted molar refractivity (Wildman–Crippen MR) is 129 cm³/mol. The van der Waals surface area contributed by atoms with E-state index in [1.807, 2.05) is 31.2 Å². The molecule has 3 aromatic carbocycles. The van der Waals surface area contributed by atoms with E-state index in [1.165, 1.54) is 29.9 Å². The molecule has 166 valence electrons. The Bertz CT molecular complexity index is 1180. The fourth-order valence-electron chi connectivity index (χ4n) is 3.76. The highest BCUT2D eigenvalue weighted by molar-refractivity contribution is 7.92. The highest BCUT2D eigenvalue weighted by Crippen LogP contribution is 2.24. The molecule has 6 nitrogen and oxygen atoms in total. The average Bonchev–Trinajstić information content (AvgIpc) is 3.34. The molecular weight excluding hydrogens is 422 g/mol. The van der Waals surface area contributed by atoms with Gasteiger partial charge < -0.3 is 10.2 Å². The first-order chi connectivity index (χ1) is 15.3. The standard InChI is InChI=1S/C25H27N3O3S/c1-19-5-15-24(16-6-19)32(30,31)27(2)22-11-7-20(8-12-22)25(29)26-21-9-13-23(14-10-21)28-17-3-4-18-28/h5-16H,3-4,17-18H2,1-2H3,(H,26,29). The molecule has 3 aromatic rings. The second-order valence-electron chi connectivity index (χ2n) is 8.03. The molecule has 0 saturated carbocycles. The number of benzene rings is 3.